The molecule has 6 heteroatoms. The fourth-order valence-electron chi connectivity index (χ4n) is 2.61. The third kappa shape index (κ3) is 4.26. The molecule has 0 aliphatic rings. The van der Waals surface area contributed by atoms with Crippen LogP contribution < -0.4 is 10.3 Å². The molecule has 0 bridgehead atoms. The highest BCUT2D eigenvalue weighted by Gasteiger charge is 2.22. The Balaban J connectivity index is 2.26. The zero-order valence-corrected chi connectivity index (χ0v) is 15.2. The maximum Gasteiger partial charge on any atom is 0.274 e. The van der Waals surface area contributed by atoms with Gasteiger partial charge in [-0.2, -0.15) is 5.10 Å². The number of para-hydroxylation sites is 1. The standard InChI is InChI=1S/C19H25N3O3/c1-5-6-13-22-18(23)12-11-16(20-22)19(24)21(3)14(2)15-9-7-8-10-17(15)25-4/h7-12,14H,5-6,13H2,1-4H3. The van der Waals surface area contributed by atoms with Gasteiger partial charge < -0.3 is 9.64 Å². The monoisotopic (exact) mass is 343 g/mol. The number of methoxy groups -OCH3 is 1. The number of rotatable bonds is 7. The largest absolute Gasteiger partial charge is 0.496 e. The van der Waals surface area contributed by atoms with Crippen LogP contribution in [0.3, 0.4) is 0 Å². The lowest BCUT2D eigenvalue weighted by Crippen LogP contribution is -2.33. The summed E-state index contributed by atoms with van der Waals surface area (Å²) in [6, 6.07) is 10.3. The van der Waals surface area contributed by atoms with E-state index in [1.165, 1.54) is 16.8 Å². The van der Waals surface area contributed by atoms with E-state index in [4.69, 9.17) is 4.74 Å². The Bertz CT molecular complexity index is 785. The maximum absolute atomic E-state index is 12.8. The lowest BCUT2D eigenvalue weighted by atomic mass is 10.1. The van der Waals surface area contributed by atoms with Crippen LogP contribution >= 0.6 is 0 Å². The minimum Gasteiger partial charge on any atom is -0.496 e. The van der Waals surface area contributed by atoms with Gasteiger partial charge in [0.2, 0.25) is 0 Å². The SMILES string of the molecule is CCCCn1nc(C(=O)N(C)C(C)c2ccccc2OC)ccc1=O. The molecule has 0 N–H and O–H groups in total. The van der Waals surface area contributed by atoms with Crippen molar-refractivity contribution < 1.29 is 9.53 Å². The van der Waals surface area contributed by atoms with Crippen LogP contribution in [0, 0.1) is 0 Å². The van der Waals surface area contributed by atoms with Crippen molar-refractivity contribution >= 4 is 5.91 Å². The van der Waals surface area contributed by atoms with Gasteiger partial charge in [-0.15, -0.1) is 0 Å². The van der Waals surface area contributed by atoms with E-state index in [2.05, 4.69) is 5.10 Å². The van der Waals surface area contributed by atoms with Crippen LogP contribution in [-0.2, 0) is 6.54 Å². The molecule has 0 radical (unpaired) electrons. The van der Waals surface area contributed by atoms with E-state index in [1.54, 1.807) is 19.1 Å². The van der Waals surface area contributed by atoms with Crippen molar-refractivity contribution in [1.29, 1.82) is 0 Å². The number of amides is 1. The summed E-state index contributed by atoms with van der Waals surface area (Å²) in [6.07, 6.45) is 1.80. The van der Waals surface area contributed by atoms with Gasteiger partial charge in [0.25, 0.3) is 11.5 Å². The summed E-state index contributed by atoms with van der Waals surface area (Å²) in [5.41, 5.74) is 0.991. The molecule has 2 aromatic rings. The number of ether oxygens (including phenoxy) is 1. The molecule has 0 fully saturated rings. The molecule has 0 aliphatic carbocycles. The molecule has 1 amide bonds. The van der Waals surface area contributed by atoms with Gasteiger partial charge in [-0.25, -0.2) is 4.68 Å². The molecule has 6 nitrogen and oxygen atoms in total. The highest BCUT2D eigenvalue weighted by Crippen LogP contribution is 2.28. The van der Waals surface area contributed by atoms with Crippen molar-refractivity contribution in [2.24, 2.45) is 0 Å². The summed E-state index contributed by atoms with van der Waals surface area (Å²) in [6.45, 7) is 4.49. The Hall–Kier alpha value is -2.63. The van der Waals surface area contributed by atoms with Crippen LogP contribution in [0.4, 0.5) is 0 Å². The van der Waals surface area contributed by atoms with Crippen molar-refractivity contribution in [2.45, 2.75) is 39.3 Å². The van der Waals surface area contributed by atoms with Gasteiger partial charge in [0.15, 0.2) is 0 Å². The molecule has 0 aliphatic heterocycles. The first-order valence-electron chi connectivity index (χ1n) is 8.47. The summed E-state index contributed by atoms with van der Waals surface area (Å²) < 4.78 is 6.74. The summed E-state index contributed by atoms with van der Waals surface area (Å²) in [4.78, 5) is 26.3. The van der Waals surface area contributed by atoms with Crippen LogP contribution in [-0.4, -0.2) is 34.7 Å². The molecule has 134 valence electrons. The first kappa shape index (κ1) is 18.7. The molecule has 1 unspecified atom stereocenters. The smallest absolute Gasteiger partial charge is 0.274 e. The lowest BCUT2D eigenvalue weighted by Gasteiger charge is -2.26. The quantitative estimate of drug-likeness (QED) is 0.775. The summed E-state index contributed by atoms with van der Waals surface area (Å²) in [7, 11) is 3.33. The average Bonchev–Trinajstić information content (AvgIpc) is 2.65. The van der Waals surface area contributed by atoms with E-state index in [0.717, 1.165) is 24.2 Å². The number of nitrogens with zero attached hydrogens (tertiary/aromatic N) is 3. The fourth-order valence-corrected chi connectivity index (χ4v) is 2.61. The number of aromatic nitrogens is 2. The number of carbonyl (C=O) groups excluding carboxylic acids is 1. The predicted molar refractivity (Wildman–Crippen MR) is 96.9 cm³/mol. The first-order valence-corrected chi connectivity index (χ1v) is 8.47. The molecule has 1 atom stereocenters. The highest BCUT2D eigenvalue weighted by atomic mass is 16.5. The van der Waals surface area contributed by atoms with E-state index < -0.39 is 0 Å². The molecule has 1 heterocycles. The minimum absolute atomic E-state index is 0.189. The van der Waals surface area contributed by atoms with Gasteiger partial charge in [0.05, 0.1) is 13.2 Å². The zero-order chi connectivity index (χ0) is 18.4. The average molecular weight is 343 g/mol. The van der Waals surface area contributed by atoms with Gasteiger partial charge in [-0.3, -0.25) is 9.59 Å². The van der Waals surface area contributed by atoms with E-state index >= 15 is 0 Å². The number of unbranched alkanes of at least 4 members (excludes halogenated alkanes) is 1. The lowest BCUT2D eigenvalue weighted by molar-refractivity contribution is 0.0732. The maximum atomic E-state index is 12.8. The summed E-state index contributed by atoms with van der Waals surface area (Å²) >= 11 is 0. The Morgan fingerprint density at radius 2 is 2.00 bits per heavy atom. The van der Waals surface area contributed by atoms with Crippen LogP contribution in [0.15, 0.2) is 41.2 Å². The number of carbonyl (C=O) groups is 1. The van der Waals surface area contributed by atoms with Gasteiger partial charge in [0, 0.05) is 25.2 Å². The second kappa shape index (κ2) is 8.46. The zero-order valence-electron chi connectivity index (χ0n) is 15.2. The Morgan fingerprint density at radius 3 is 2.68 bits per heavy atom. The van der Waals surface area contributed by atoms with Gasteiger partial charge in [0.1, 0.15) is 11.4 Å². The van der Waals surface area contributed by atoms with Gasteiger partial charge in [-0.1, -0.05) is 31.5 Å². The van der Waals surface area contributed by atoms with Crippen molar-refractivity contribution in [3.05, 3.63) is 58.0 Å². The van der Waals surface area contributed by atoms with Crippen LogP contribution in [0.1, 0.15) is 48.8 Å². The molecule has 1 aromatic carbocycles. The van der Waals surface area contributed by atoms with Gasteiger partial charge in [-0.05, 0) is 25.5 Å². The van der Waals surface area contributed by atoms with Gasteiger partial charge >= 0.3 is 0 Å². The van der Waals surface area contributed by atoms with Crippen LogP contribution in [0.5, 0.6) is 5.75 Å². The Kier molecular flexibility index (Phi) is 6.33. The van der Waals surface area contributed by atoms with Crippen molar-refractivity contribution in [3.63, 3.8) is 0 Å². The molecule has 0 saturated heterocycles. The molecule has 1 aromatic heterocycles. The second-order valence-electron chi connectivity index (χ2n) is 5.97. The van der Waals surface area contributed by atoms with E-state index in [1.807, 2.05) is 38.1 Å². The second-order valence-corrected chi connectivity index (χ2v) is 5.97. The molecule has 25 heavy (non-hydrogen) atoms. The summed E-state index contributed by atoms with van der Waals surface area (Å²) in [5, 5.41) is 4.23. The number of benzene rings is 1. The molecule has 2 rings (SSSR count). The Labute approximate surface area is 148 Å². The molecular formula is C19H25N3O3. The van der Waals surface area contributed by atoms with E-state index in [-0.39, 0.29) is 23.2 Å². The van der Waals surface area contributed by atoms with E-state index in [0.29, 0.717) is 6.54 Å². The van der Waals surface area contributed by atoms with E-state index in [9.17, 15) is 9.59 Å². The molecular weight excluding hydrogens is 318 g/mol. The fraction of sp³-hybridized carbons (Fsp3) is 0.421. The van der Waals surface area contributed by atoms with Crippen molar-refractivity contribution in [3.8, 4) is 5.75 Å². The molecule has 0 saturated carbocycles. The first-order chi connectivity index (χ1) is 12.0. The third-order valence-corrected chi connectivity index (χ3v) is 4.30. The van der Waals surface area contributed by atoms with Crippen molar-refractivity contribution in [2.75, 3.05) is 14.2 Å². The minimum atomic E-state index is -0.233. The third-order valence-electron chi connectivity index (χ3n) is 4.30. The predicted octanol–water partition coefficient (Wildman–Crippen LogP) is 2.89. The Morgan fingerprint density at radius 1 is 1.28 bits per heavy atom. The topological polar surface area (TPSA) is 64.4 Å². The molecule has 0 spiro atoms. The van der Waals surface area contributed by atoms with Crippen LogP contribution in [0.25, 0.3) is 0 Å². The van der Waals surface area contributed by atoms with Crippen LogP contribution in [0.2, 0.25) is 0 Å². The number of aryl methyl sites for hydroxylation is 1. The highest BCUT2D eigenvalue weighted by molar-refractivity contribution is 5.92. The number of hydrogen-bond acceptors (Lipinski definition) is 4. The summed E-state index contributed by atoms with van der Waals surface area (Å²) in [5.74, 6) is 0.499. The number of hydrogen-bond donors (Lipinski definition) is 0. The van der Waals surface area contributed by atoms with Crippen molar-refractivity contribution in [1.82, 2.24) is 14.7 Å². The normalized spacial score (nSPS) is 11.8.